The molecule has 1 aliphatic carbocycles. The maximum Gasteiger partial charge on any atom is 0.326 e. The third kappa shape index (κ3) is 5.77. The number of carbonyl (C=O) groups is 2. The second-order valence-electron chi connectivity index (χ2n) is 5.44. The first-order chi connectivity index (χ1) is 9.19. The molecule has 0 aliphatic heterocycles. The standard InChI is InChI=1S/C12H22N2O5S/c1-14(8-9-4-3-5-9)12(17)13-10(11(15)16)6-7-20(2,18)19/h9-10H,3-8H2,1-2H3,(H,13,17)(H,15,16). The zero-order valence-corrected chi connectivity index (χ0v) is 12.6. The highest BCUT2D eigenvalue weighted by atomic mass is 32.2. The lowest BCUT2D eigenvalue weighted by molar-refractivity contribution is -0.139. The molecule has 2 amide bonds. The van der Waals surface area contributed by atoms with Crippen LogP contribution in [0.15, 0.2) is 0 Å². The molecule has 0 bridgehead atoms. The van der Waals surface area contributed by atoms with Crippen LogP contribution in [0.5, 0.6) is 0 Å². The molecule has 0 radical (unpaired) electrons. The highest BCUT2D eigenvalue weighted by Gasteiger charge is 2.25. The molecule has 2 N–H and O–H groups in total. The molecular weight excluding hydrogens is 284 g/mol. The average molecular weight is 306 g/mol. The molecule has 1 atom stereocenters. The first kappa shape index (κ1) is 16.7. The summed E-state index contributed by atoms with van der Waals surface area (Å²) < 4.78 is 22.1. The Kier molecular flexibility index (Phi) is 5.79. The lowest BCUT2D eigenvalue weighted by Gasteiger charge is -2.30. The van der Waals surface area contributed by atoms with Crippen molar-refractivity contribution < 1.29 is 23.1 Å². The summed E-state index contributed by atoms with van der Waals surface area (Å²) in [5.41, 5.74) is 0. The summed E-state index contributed by atoms with van der Waals surface area (Å²) in [4.78, 5) is 24.4. The van der Waals surface area contributed by atoms with Crippen molar-refractivity contribution in [3.8, 4) is 0 Å². The quantitative estimate of drug-likeness (QED) is 0.705. The van der Waals surface area contributed by atoms with E-state index in [0.29, 0.717) is 12.5 Å². The third-order valence-corrected chi connectivity index (χ3v) is 4.45. The van der Waals surface area contributed by atoms with Crippen LogP contribution in [-0.2, 0) is 14.6 Å². The number of aliphatic carboxylic acids is 1. The highest BCUT2D eigenvalue weighted by Crippen LogP contribution is 2.26. The fourth-order valence-corrected chi connectivity index (χ4v) is 2.66. The number of hydrogen-bond acceptors (Lipinski definition) is 4. The maximum atomic E-state index is 11.9. The molecule has 1 unspecified atom stereocenters. The predicted molar refractivity (Wildman–Crippen MR) is 74.3 cm³/mol. The Morgan fingerprint density at radius 2 is 2.00 bits per heavy atom. The van der Waals surface area contributed by atoms with Gasteiger partial charge in [-0.2, -0.15) is 0 Å². The van der Waals surface area contributed by atoms with Crippen LogP contribution in [0.3, 0.4) is 0 Å². The zero-order chi connectivity index (χ0) is 15.3. The van der Waals surface area contributed by atoms with Gasteiger partial charge < -0.3 is 15.3 Å². The van der Waals surface area contributed by atoms with Gasteiger partial charge in [-0.3, -0.25) is 0 Å². The van der Waals surface area contributed by atoms with Gasteiger partial charge in [-0.1, -0.05) is 6.42 Å². The van der Waals surface area contributed by atoms with Crippen molar-refractivity contribution in [1.82, 2.24) is 10.2 Å². The van der Waals surface area contributed by atoms with Crippen molar-refractivity contribution in [3.05, 3.63) is 0 Å². The molecule has 1 saturated carbocycles. The molecular formula is C12H22N2O5S. The third-order valence-electron chi connectivity index (χ3n) is 3.48. The van der Waals surface area contributed by atoms with Crippen LogP contribution in [0, 0.1) is 5.92 Å². The van der Waals surface area contributed by atoms with Gasteiger partial charge in [0, 0.05) is 19.8 Å². The van der Waals surface area contributed by atoms with Crippen molar-refractivity contribution in [2.75, 3.05) is 25.6 Å². The van der Waals surface area contributed by atoms with Crippen LogP contribution >= 0.6 is 0 Å². The number of nitrogens with one attached hydrogen (secondary N) is 1. The number of rotatable bonds is 7. The normalized spacial score (nSPS) is 17.1. The van der Waals surface area contributed by atoms with E-state index in [0.717, 1.165) is 19.1 Å². The summed E-state index contributed by atoms with van der Waals surface area (Å²) in [7, 11) is -1.64. The molecule has 7 nitrogen and oxygen atoms in total. The van der Waals surface area contributed by atoms with Gasteiger partial charge in [0.05, 0.1) is 5.75 Å². The Bertz CT molecular complexity index is 458. The first-order valence-electron chi connectivity index (χ1n) is 6.61. The molecule has 0 aromatic carbocycles. The topological polar surface area (TPSA) is 104 Å². The highest BCUT2D eigenvalue weighted by molar-refractivity contribution is 7.90. The van der Waals surface area contributed by atoms with Gasteiger partial charge in [0.25, 0.3) is 0 Å². The number of hydrogen-bond donors (Lipinski definition) is 2. The van der Waals surface area contributed by atoms with E-state index in [1.165, 1.54) is 11.3 Å². The molecule has 0 aromatic rings. The van der Waals surface area contributed by atoms with Crippen LogP contribution in [0.25, 0.3) is 0 Å². The molecule has 20 heavy (non-hydrogen) atoms. The van der Waals surface area contributed by atoms with Crippen LogP contribution in [0.2, 0.25) is 0 Å². The number of amides is 2. The van der Waals surface area contributed by atoms with Gasteiger partial charge >= 0.3 is 12.0 Å². The van der Waals surface area contributed by atoms with Crippen molar-refractivity contribution in [3.63, 3.8) is 0 Å². The van der Waals surface area contributed by atoms with Crippen molar-refractivity contribution >= 4 is 21.8 Å². The summed E-state index contributed by atoms with van der Waals surface area (Å²) >= 11 is 0. The number of nitrogens with zero attached hydrogens (tertiary/aromatic N) is 1. The van der Waals surface area contributed by atoms with Crippen LogP contribution < -0.4 is 5.32 Å². The molecule has 116 valence electrons. The smallest absolute Gasteiger partial charge is 0.326 e. The number of urea groups is 1. The lowest BCUT2D eigenvalue weighted by atomic mass is 9.85. The number of carboxylic acid groups (broad SMARTS) is 1. The van der Waals surface area contributed by atoms with Crippen molar-refractivity contribution in [1.29, 1.82) is 0 Å². The molecule has 0 heterocycles. The second-order valence-corrected chi connectivity index (χ2v) is 7.70. The SMILES string of the molecule is CN(CC1CCC1)C(=O)NC(CCS(C)(=O)=O)C(=O)O. The fourth-order valence-electron chi connectivity index (χ4n) is 1.99. The Balaban J connectivity index is 2.46. The van der Waals surface area contributed by atoms with Gasteiger partial charge in [0.1, 0.15) is 15.9 Å². The largest absolute Gasteiger partial charge is 0.480 e. The Hall–Kier alpha value is -1.31. The Labute approximate surface area is 119 Å². The van der Waals surface area contributed by atoms with E-state index in [9.17, 15) is 18.0 Å². The minimum absolute atomic E-state index is 0.128. The lowest BCUT2D eigenvalue weighted by Crippen LogP contribution is -2.48. The summed E-state index contributed by atoms with van der Waals surface area (Å²) in [6.45, 7) is 0.601. The molecule has 1 rings (SSSR count). The van der Waals surface area contributed by atoms with E-state index in [1.807, 2.05) is 0 Å². The fraction of sp³-hybridized carbons (Fsp3) is 0.833. The minimum Gasteiger partial charge on any atom is -0.480 e. The number of sulfone groups is 1. The van der Waals surface area contributed by atoms with Crippen molar-refractivity contribution in [2.24, 2.45) is 5.92 Å². The van der Waals surface area contributed by atoms with Crippen molar-refractivity contribution in [2.45, 2.75) is 31.7 Å². The summed E-state index contributed by atoms with van der Waals surface area (Å²) in [5, 5.41) is 11.4. The van der Waals surface area contributed by atoms with E-state index in [-0.39, 0.29) is 12.2 Å². The van der Waals surface area contributed by atoms with Gasteiger partial charge in [0.15, 0.2) is 0 Å². The minimum atomic E-state index is -3.25. The molecule has 0 spiro atoms. The molecule has 1 fully saturated rings. The van der Waals surface area contributed by atoms with Gasteiger partial charge in [-0.05, 0) is 25.2 Å². The number of carbonyl (C=O) groups excluding carboxylic acids is 1. The summed E-state index contributed by atoms with van der Waals surface area (Å²) in [6, 6.07) is -1.65. The molecule has 8 heteroatoms. The summed E-state index contributed by atoms with van der Waals surface area (Å²) in [5.74, 6) is -1.000. The Morgan fingerprint density at radius 1 is 1.40 bits per heavy atom. The van der Waals surface area contributed by atoms with Crippen LogP contribution in [0.4, 0.5) is 4.79 Å². The predicted octanol–water partition coefficient (Wildman–Crippen LogP) is 0.316. The Morgan fingerprint density at radius 3 is 2.40 bits per heavy atom. The maximum absolute atomic E-state index is 11.9. The van der Waals surface area contributed by atoms with E-state index < -0.39 is 27.9 Å². The average Bonchev–Trinajstić information content (AvgIpc) is 2.26. The number of carboxylic acids is 1. The van der Waals surface area contributed by atoms with Crippen LogP contribution in [0.1, 0.15) is 25.7 Å². The monoisotopic (exact) mass is 306 g/mol. The van der Waals surface area contributed by atoms with Crippen LogP contribution in [-0.4, -0.2) is 62.1 Å². The zero-order valence-electron chi connectivity index (χ0n) is 11.8. The van der Waals surface area contributed by atoms with E-state index in [1.54, 1.807) is 7.05 Å². The first-order valence-corrected chi connectivity index (χ1v) is 8.67. The van der Waals surface area contributed by atoms with E-state index >= 15 is 0 Å². The molecule has 0 saturated heterocycles. The van der Waals surface area contributed by atoms with Gasteiger partial charge in [-0.25, -0.2) is 18.0 Å². The second kappa shape index (κ2) is 6.92. The summed E-state index contributed by atoms with van der Waals surface area (Å²) in [6.07, 6.45) is 4.27. The molecule has 1 aliphatic rings. The van der Waals surface area contributed by atoms with Gasteiger partial charge in [0.2, 0.25) is 0 Å². The van der Waals surface area contributed by atoms with Gasteiger partial charge in [-0.15, -0.1) is 0 Å². The van der Waals surface area contributed by atoms with E-state index in [4.69, 9.17) is 5.11 Å². The van der Waals surface area contributed by atoms with E-state index in [2.05, 4.69) is 5.32 Å². The molecule has 0 aromatic heterocycles.